The van der Waals surface area contributed by atoms with E-state index in [-0.39, 0.29) is 24.5 Å². The number of aliphatic hydroxyl groups is 1. The minimum Gasteiger partial charge on any atom is -0.444 e. The van der Waals surface area contributed by atoms with Gasteiger partial charge >= 0.3 is 12.1 Å². The fraction of sp³-hybridized carbons (Fsp3) is 0.640. The number of urea groups is 1. The van der Waals surface area contributed by atoms with Crippen molar-refractivity contribution in [2.24, 2.45) is 5.92 Å². The number of nitrogens with one attached hydrogen (secondary N) is 2. The van der Waals surface area contributed by atoms with Crippen LogP contribution in [0.4, 0.5) is 9.59 Å². The van der Waals surface area contributed by atoms with Crippen LogP contribution in [0.3, 0.4) is 0 Å². The molecule has 0 saturated carbocycles. The van der Waals surface area contributed by atoms with Crippen molar-refractivity contribution in [1.29, 1.82) is 0 Å². The summed E-state index contributed by atoms with van der Waals surface area (Å²) < 4.78 is 5.42. The van der Waals surface area contributed by atoms with Gasteiger partial charge in [0.25, 0.3) is 0 Å². The van der Waals surface area contributed by atoms with Gasteiger partial charge < -0.3 is 19.6 Å². The highest BCUT2D eigenvalue weighted by Gasteiger charge is 2.47. The van der Waals surface area contributed by atoms with Crippen molar-refractivity contribution in [2.45, 2.75) is 77.0 Å². The molecule has 0 radical (unpaired) electrons. The summed E-state index contributed by atoms with van der Waals surface area (Å²) in [6.45, 7) is 6.95. The molecule has 198 valence electrons. The highest BCUT2D eigenvalue weighted by atomic mass is 16.7. The monoisotopic (exact) mass is 503 g/mol. The third kappa shape index (κ3) is 6.26. The molecule has 0 spiro atoms. The van der Waals surface area contributed by atoms with E-state index in [0.29, 0.717) is 45.4 Å². The van der Waals surface area contributed by atoms with Crippen LogP contribution in [-0.2, 0) is 21.0 Å². The van der Waals surface area contributed by atoms with E-state index in [2.05, 4.69) is 10.9 Å². The Balaban J connectivity index is 1.25. The summed E-state index contributed by atoms with van der Waals surface area (Å²) in [6.07, 6.45) is 0.996. The first-order chi connectivity index (χ1) is 17.1. The van der Waals surface area contributed by atoms with Gasteiger partial charge in [-0.3, -0.25) is 15.1 Å². The topological polar surface area (TPSA) is 124 Å². The summed E-state index contributed by atoms with van der Waals surface area (Å²) in [7, 11) is 0. The van der Waals surface area contributed by atoms with Gasteiger partial charge in [-0.25, -0.2) is 15.0 Å². The van der Waals surface area contributed by atoms with Crippen LogP contribution in [0.5, 0.6) is 0 Å². The molecule has 0 aromatic heterocycles. The number of hydrazine groups is 1. The number of rotatable bonds is 7. The minimum atomic E-state index is -1.14. The first-order valence-corrected chi connectivity index (χ1v) is 12.6. The molecule has 11 heteroatoms. The Labute approximate surface area is 211 Å². The Morgan fingerprint density at radius 3 is 2.61 bits per heavy atom. The summed E-state index contributed by atoms with van der Waals surface area (Å²) in [4.78, 5) is 47.0. The second kappa shape index (κ2) is 11.0. The molecule has 3 N–H and O–H groups in total. The standard InChI is InChI=1S/C25H37N5O6/c1-25(2,3)36-24(34)28-13-7-10-18(14-28)21(31)26-27-22(32)20-12-11-19-15-29(20)23(33)30(19)35-16-17-8-5-4-6-9-17/h4-6,8-9,18-20,22,27,32H,7,10-16H2,1-3H3,(H,26,31)/t18-,19-,20+,22?/m1/s1. The number of nitrogens with zero attached hydrogens (tertiary/aromatic N) is 3. The van der Waals surface area contributed by atoms with E-state index in [4.69, 9.17) is 9.57 Å². The Hall–Kier alpha value is -2.89. The van der Waals surface area contributed by atoms with E-state index < -0.39 is 29.9 Å². The first-order valence-electron chi connectivity index (χ1n) is 12.6. The average molecular weight is 504 g/mol. The van der Waals surface area contributed by atoms with E-state index in [9.17, 15) is 19.5 Å². The summed E-state index contributed by atoms with van der Waals surface area (Å²) in [6, 6.07) is 8.78. The number of hydrogen-bond donors (Lipinski definition) is 3. The van der Waals surface area contributed by atoms with Crippen LogP contribution < -0.4 is 10.9 Å². The second-order valence-corrected chi connectivity index (χ2v) is 10.7. The van der Waals surface area contributed by atoms with Crippen LogP contribution in [0.2, 0.25) is 0 Å². The van der Waals surface area contributed by atoms with Gasteiger partial charge in [-0.15, -0.1) is 0 Å². The van der Waals surface area contributed by atoms with Crippen LogP contribution in [-0.4, -0.2) is 81.5 Å². The molecule has 4 amide bonds. The summed E-state index contributed by atoms with van der Waals surface area (Å²) in [5, 5.41) is 12.2. The third-order valence-electron chi connectivity index (χ3n) is 6.73. The fourth-order valence-corrected chi connectivity index (χ4v) is 4.90. The van der Waals surface area contributed by atoms with Gasteiger partial charge in [0, 0.05) is 19.6 Å². The molecule has 3 saturated heterocycles. The number of likely N-dealkylation sites (tertiary alicyclic amines) is 1. The Kier molecular flexibility index (Phi) is 8.01. The van der Waals surface area contributed by atoms with Crippen LogP contribution in [0.1, 0.15) is 52.0 Å². The number of hydroxylamine groups is 2. The molecular weight excluding hydrogens is 466 g/mol. The Bertz CT molecular complexity index is 939. The summed E-state index contributed by atoms with van der Waals surface area (Å²) in [5.74, 6) is -0.728. The zero-order valence-electron chi connectivity index (χ0n) is 21.2. The van der Waals surface area contributed by atoms with Gasteiger partial charge in [0.1, 0.15) is 18.4 Å². The third-order valence-corrected chi connectivity index (χ3v) is 6.73. The molecule has 1 aromatic rings. The SMILES string of the molecule is CC(C)(C)OC(=O)N1CCC[C@@H](C(=O)NNC(O)[C@@H]2CC[C@@H]3CN2C(=O)N3OCc2ccccc2)C1. The fourth-order valence-electron chi connectivity index (χ4n) is 4.90. The number of fused-ring (bicyclic) bond motifs is 2. The van der Waals surface area contributed by atoms with Crippen molar-refractivity contribution in [3.8, 4) is 0 Å². The highest BCUT2D eigenvalue weighted by molar-refractivity contribution is 5.79. The second-order valence-electron chi connectivity index (χ2n) is 10.7. The molecule has 36 heavy (non-hydrogen) atoms. The molecule has 11 nitrogen and oxygen atoms in total. The minimum absolute atomic E-state index is 0.0691. The molecule has 2 bridgehead atoms. The quantitative estimate of drug-likeness (QED) is 0.384. The molecule has 4 atom stereocenters. The van der Waals surface area contributed by atoms with Crippen molar-refractivity contribution in [1.82, 2.24) is 25.7 Å². The molecule has 3 aliphatic heterocycles. The number of piperidine rings is 2. The predicted molar refractivity (Wildman–Crippen MR) is 130 cm³/mol. The Morgan fingerprint density at radius 2 is 1.89 bits per heavy atom. The van der Waals surface area contributed by atoms with Crippen LogP contribution in [0, 0.1) is 5.92 Å². The number of carbonyl (C=O) groups is 3. The smallest absolute Gasteiger partial charge is 0.410 e. The van der Waals surface area contributed by atoms with E-state index >= 15 is 0 Å². The van der Waals surface area contributed by atoms with Gasteiger partial charge in [-0.05, 0) is 52.0 Å². The first kappa shape index (κ1) is 26.2. The molecule has 3 heterocycles. The van der Waals surface area contributed by atoms with Gasteiger partial charge in [0.05, 0.1) is 18.0 Å². The number of ether oxygens (including phenoxy) is 1. The lowest BCUT2D eigenvalue weighted by molar-refractivity contribution is -0.140. The molecule has 3 aliphatic rings. The predicted octanol–water partition coefficient (Wildman–Crippen LogP) is 1.97. The lowest BCUT2D eigenvalue weighted by atomic mass is 9.97. The zero-order valence-corrected chi connectivity index (χ0v) is 21.2. The van der Waals surface area contributed by atoms with Gasteiger partial charge in [0.15, 0.2) is 0 Å². The maximum Gasteiger partial charge on any atom is 0.410 e. The maximum absolute atomic E-state index is 13.0. The van der Waals surface area contributed by atoms with Crippen molar-refractivity contribution in [3.05, 3.63) is 35.9 Å². The number of hydrogen-bond acceptors (Lipinski definition) is 7. The summed E-state index contributed by atoms with van der Waals surface area (Å²) in [5.41, 5.74) is 5.63. The number of carbonyl (C=O) groups excluding carboxylic acids is 3. The maximum atomic E-state index is 13.0. The van der Waals surface area contributed by atoms with E-state index in [1.165, 1.54) is 5.06 Å². The molecule has 3 fully saturated rings. The largest absolute Gasteiger partial charge is 0.444 e. The lowest BCUT2D eigenvalue weighted by Gasteiger charge is -2.35. The van der Waals surface area contributed by atoms with Gasteiger partial charge in [0.2, 0.25) is 5.91 Å². The van der Waals surface area contributed by atoms with Crippen molar-refractivity contribution in [2.75, 3.05) is 19.6 Å². The molecular formula is C25H37N5O6. The van der Waals surface area contributed by atoms with E-state index in [1.54, 1.807) is 30.6 Å². The van der Waals surface area contributed by atoms with Crippen LogP contribution in [0.15, 0.2) is 30.3 Å². The number of amides is 4. The van der Waals surface area contributed by atoms with Crippen molar-refractivity contribution >= 4 is 18.0 Å². The molecule has 4 rings (SSSR count). The number of benzene rings is 1. The van der Waals surface area contributed by atoms with Gasteiger partial charge in [-0.1, -0.05) is 30.3 Å². The number of aliphatic hydroxyl groups excluding tert-OH is 1. The Morgan fingerprint density at radius 1 is 1.14 bits per heavy atom. The van der Waals surface area contributed by atoms with Crippen LogP contribution in [0.25, 0.3) is 0 Å². The highest BCUT2D eigenvalue weighted by Crippen LogP contribution is 2.31. The lowest BCUT2D eigenvalue weighted by Crippen LogP contribution is -2.58. The van der Waals surface area contributed by atoms with Crippen LogP contribution >= 0.6 is 0 Å². The average Bonchev–Trinajstić information content (AvgIpc) is 3.09. The van der Waals surface area contributed by atoms with E-state index in [0.717, 1.165) is 5.56 Å². The molecule has 1 unspecified atom stereocenters. The molecule has 0 aliphatic carbocycles. The van der Waals surface area contributed by atoms with Crippen molar-refractivity contribution < 1.29 is 29.1 Å². The molecule has 1 aromatic carbocycles. The van der Waals surface area contributed by atoms with Crippen molar-refractivity contribution in [3.63, 3.8) is 0 Å². The summed E-state index contributed by atoms with van der Waals surface area (Å²) >= 11 is 0. The zero-order chi connectivity index (χ0) is 25.9. The van der Waals surface area contributed by atoms with Gasteiger partial charge in [-0.2, -0.15) is 5.06 Å². The van der Waals surface area contributed by atoms with E-state index in [1.807, 2.05) is 30.3 Å². The normalized spacial score (nSPS) is 25.1.